The molecule has 2 heterocycles. The quantitative estimate of drug-likeness (QED) is 0.341. The number of nitrogens with zero attached hydrogens (tertiary/aromatic N) is 4. The molecule has 3 aromatic carbocycles. The van der Waals surface area contributed by atoms with E-state index in [-0.39, 0.29) is 5.69 Å². The van der Waals surface area contributed by atoms with Gasteiger partial charge >= 0.3 is 0 Å². The van der Waals surface area contributed by atoms with E-state index in [1.165, 1.54) is 12.1 Å². The fourth-order valence-corrected chi connectivity index (χ4v) is 6.67. The predicted octanol–water partition coefficient (Wildman–Crippen LogP) is 3.46. The van der Waals surface area contributed by atoms with Crippen LogP contribution in [0.25, 0.3) is 27.5 Å². The van der Waals surface area contributed by atoms with E-state index in [9.17, 15) is 16.8 Å². The van der Waals surface area contributed by atoms with Crippen LogP contribution >= 0.6 is 0 Å². The zero-order valence-corrected chi connectivity index (χ0v) is 20.1. The molecule has 0 bridgehead atoms. The average Bonchev–Trinajstić information content (AvgIpc) is 3.21. The molecule has 0 spiro atoms. The van der Waals surface area contributed by atoms with Crippen molar-refractivity contribution in [3.8, 4) is 5.69 Å². The molecule has 0 amide bonds. The number of rotatable bonds is 7. The molecule has 0 fully saturated rings. The molecule has 0 radical (unpaired) electrons. The predicted molar refractivity (Wildman–Crippen MR) is 136 cm³/mol. The van der Waals surface area contributed by atoms with E-state index >= 15 is 0 Å². The van der Waals surface area contributed by atoms with Crippen molar-refractivity contribution in [3.63, 3.8) is 0 Å². The van der Waals surface area contributed by atoms with Crippen molar-refractivity contribution in [3.05, 3.63) is 79.1 Å². The largest absolute Gasteiger partial charge is 0.324 e. The molecule has 0 saturated heterocycles. The lowest BCUT2D eigenvalue weighted by Gasteiger charge is -2.10. The Balaban J connectivity index is 1.41. The molecule has 35 heavy (non-hydrogen) atoms. The molecule has 0 unspecified atom stereocenters. The third-order valence-corrected chi connectivity index (χ3v) is 8.59. The second kappa shape index (κ2) is 8.64. The SMILES string of the molecule is CS(=O)(=O)CS(=O)(=O)Nc1ccc(Nc2ncc3cnn(-c4cccc5ccccc45)c3n2)cc1. The van der Waals surface area contributed by atoms with Crippen LogP contribution in [-0.2, 0) is 19.9 Å². The van der Waals surface area contributed by atoms with Gasteiger partial charge in [0.25, 0.3) is 0 Å². The standard InChI is InChI=1S/C23H20N6O4S2/c1-34(30,31)15-35(32,33)28-19-11-9-18(10-12-19)26-23-24-13-17-14-25-29(22(17)27-23)21-8-4-6-16-5-2-3-7-20(16)21/h2-14,28H,15H2,1H3,(H,24,26,27). The van der Waals surface area contributed by atoms with Crippen LogP contribution in [0.15, 0.2) is 79.1 Å². The van der Waals surface area contributed by atoms with Gasteiger partial charge in [-0.2, -0.15) is 10.1 Å². The summed E-state index contributed by atoms with van der Waals surface area (Å²) in [5.74, 6) is 0.338. The van der Waals surface area contributed by atoms with Crippen LogP contribution in [0.5, 0.6) is 0 Å². The molecule has 2 aromatic heterocycles. The highest BCUT2D eigenvalue weighted by Gasteiger charge is 2.18. The van der Waals surface area contributed by atoms with Crippen LogP contribution in [0.4, 0.5) is 17.3 Å². The lowest BCUT2D eigenvalue weighted by molar-refractivity contribution is 0.595. The van der Waals surface area contributed by atoms with E-state index in [1.807, 2.05) is 42.5 Å². The molecule has 12 heteroatoms. The summed E-state index contributed by atoms with van der Waals surface area (Å²) in [6.45, 7) is 0. The highest BCUT2D eigenvalue weighted by molar-refractivity contribution is 8.08. The minimum absolute atomic E-state index is 0.240. The summed E-state index contributed by atoms with van der Waals surface area (Å²) in [7, 11) is -7.71. The normalized spacial score (nSPS) is 12.1. The summed E-state index contributed by atoms with van der Waals surface area (Å²) >= 11 is 0. The van der Waals surface area contributed by atoms with Crippen molar-refractivity contribution in [1.82, 2.24) is 19.7 Å². The highest BCUT2D eigenvalue weighted by Crippen LogP contribution is 2.25. The Bertz CT molecular complexity index is 1760. The Morgan fingerprint density at radius 1 is 0.829 bits per heavy atom. The number of sulfone groups is 1. The lowest BCUT2D eigenvalue weighted by atomic mass is 10.1. The number of benzene rings is 3. The zero-order chi connectivity index (χ0) is 24.6. The van der Waals surface area contributed by atoms with Crippen molar-refractivity contribution in [1.29, 1.82) is 0 Å². The maximum absolute atomic E-state index is 12.0. The van der Waals surface area contributed by atoms with Crippen molar-refractivity contribution in [2.24, 2.45) is 0 Å². The fourth-order valence-electron chi connectivity index (χ4n) is 3.69. The molecule has 10 nitrogen and oxygen atoms in total. The molecule has 5 aromatic rings. The van der Waals surface area contributed by atoms with E-state index in [4.69, 9.17) is 0 Å². The van der Waals surface area contributed by atoms with Gasteiger partial charge in [0, 0.05) is 29.2 Å². The second-order valence-electron chi connectivity index (χ2n) is 7.99. The topological polar surface area (TPSA) is 136 Å². The molecule has 2 N–H and O–H groups in total. The zero-order valence-electron chi connectivity index (χ0n) is 18.5. The summed E-state index contributed by atoms with van der Waals surface area (Å²) in [5, 5.41) is 9.53. The number of sulfonamides is 1. The smallest absolute Gasteiger partial charge is 0.247 e. The van der Waals surface area contributed by atoms with Crippen molar-refractivity contribution >= 4 is 59.0 Å². The summed E-state index contributed by atoms with van der Waals surface area (Å²) in [5.41, 5.74) is 2.38. The Hall–Kier alpha value is -4.03. The van der Waals surface area contributed by atoms with Gasteiger partial charge in [0.15, 0.2) is 20.6 Å². The minimum Gasteiger partial charge on any atom is -0.324 e. The summed E-state index contributed by atoms with van der Waals surface area (Å²) in [6, 6.07) is 20.3. The maximum Gasteiger partial charge on any atom is 0.247 e. The van der Waals surface area contributed by atoms with Gasteiger partial charge in [0.2, 0.25) is 16.0 Å². The van der Waals surface area contributed by atoms with E-state index in [2.05, 4.69) is 25.1 Å². The minimum atomic E-state index is -4.02. The van der Waals surface area contributed by atoms with Crippen LogP contribution in [0.1, 0.15) is 0 Å². The van der Waals surface area contributed by atoms with Gasteiger partial charge in [-0.3, -0.25) is 4.72 Å². The van der Waals surface area contributed by atoms with Gasteiger partial charge in [-0.05, 0) is 35.7 Å². The number of anilines is 3. The number of aromatic nitrogens is 4. The Labute approximate surface area is 201 Å². The first-order valence-corrected chi connectivity index (χ1v) is 14.1. The van der Waals surface area contributed by atoms with E-state index in [0.29, 0.717) is 17.3 Å². The monoisotopic (exact) mass is 508 g/mol. The van der Waals surface area contributed by atoms with E-state index in [1.54, 1.807) is 29.2 Å². The highest BCUT2D eigenvalue weighted by atomic mass is 32.3. The van der Waals surface area contributed by atoms with E-state index in [0.717, 1.165) is 28.1 Å². The Morgan fingerprint density at radius 3 is 2.31 bits per heavy atom. The first-order chi connectivity index (χ1) is 16.7. The number of fused-ring (bicyclic) bond motifs is 2. The molecule has 5 rings (SSSR count). The summed E-state index contributed by atoms with van der Waals surface area (Å²) in [4.78, 5) is 8.98. The van der Waals surface area contributed by atoms with E-state index < -0.39 is 24.9 Å². The maximum atomic E-state index is 12.0. The molecule has 0 atom stereocenters. The third-order valence-electron chi connectivity index (χ3n) is 5.09. The van der Waals surface area contributed by atoms with Crippen LogP contribution in [0, 0.1) is 0 Å². The van der Waals surface area contributed by atoms with Crippen LogP contribution in [0.2, 0.25) is 0 Å². The Kier molecular flexibility index (Phi) is 5.61. The molecular weight excluding hydrogens is 488 g/mol. The van der Waals surface area contributed by atoms with Gasteiger partial charge < -0.3 is 5.32 Å². The van der Waals surface area contributed by atoms with Gasteiger partial charge in [0.05, 0.1) is 17.3 Å². The third kappa shape index (κ3) is 5.08. The Morgan fingerprint density at radius 2 is 1.54 bits per heavy atom. The molecule has 0 aliphatic heterocycles. The molecular formula is C23H20N6O4S2. The number of nitrogens with one attached hydrogen (secondary N) is 2. The van der Waals surface area contributed by atoms with Gasteiger partial charge in [-0.15, -0.1) is 0 Å². The summed E-state index contributed by atoms with van der Waals surface area (Å²) in [6.07, 6.45) is 4.24. The van der Waals surface area contributed by atoms with Crippen LogP contribution < -0.4 is 10.0 Å². The molecule has 0 saturated carbocycles. The van der Waals surface area contributed by atoms with Crippen molar-refractivity contribution in [2.75, 3.05) is 21.4 Å². The van der Waals surface area contributed by atoms with Crippen LogP contribution in [0.3, 0.4) is 0 Å². The average molecular weight is 509 g/mol. The first kappa shape index (κ1) is 22.7. The van der Waals surface area contributed by atoms with Gasteiger partial charge in [-0.25, -0.2) is 26.5 Å². The first-order valence-electron chi connectivity index (χ1n) is 10.4. The second-order valence-corrected chi connectivity index (χ2v) is 12.2. The lowest BCUT2D eigenvalue weighted by Crippen LogP contribution is -2.22. The molecule has 0 aliphatic carbocycles. The van der Waals surface area contributed by atoms with Crippen LogP contribution in [-0.4, -0.2) is 47.9 Å². The molecule has 178 valence electrons. The number of hydrogen-bond acceptors (Lipinski definition) is 8. The molecule has 0 aliphatic rings. The fraction of sp³-hybridized carbons (Fsp3) is 0.0870. The van der Waals surface area contributed by atoms with Crippen molar-refractivity contribution < 1.29 is 16.8 Å². The summed E-state index contributed by atoms with van der Waals surface area (Å²) < 4.78 is 50.6. The van der Waals surface area contributed by atoms with Crippen molar-refractivity contribution in [2.45, 2.75) is 0 Å². The van der Waals surface area contributed by atoms with Gasteiger partial charge in [-0.1, -0.05) is 36.4 Å². The van der Waals surface area contributed by atoms with Gasteiger partial charge in [0.1, 0.15) is 0 Å². The number of hydrogen-bond donors (Lipinski definition) is 2.